The number of hydrogen-bond acceptors (Lipinski definition) is 4. The zero-order chi connectivity index (χ0) is 18.1. The zero-order valence-electron chi connectivity index (χ0n) is 15.3. The standard InChI is InChI=1S/C17H31N5O3.ClH/c18-8-9-19-16(24)13-5-4-10-22(12-13)15(23)11-20-17(25)21-14-6-2-1-3-7-14;/h13-14H,1-12,18H2,(H,19,24)(H2,20,21,25);1H. The van der Waals surface area contributed by atoms with Gasteiger partial charge in [-0.1, -0.05) is 19.3 Å². The van der Waals surface area contributed by atoms with E-state index in [9.17, 15) is 14.4 Å². The quantitative estimate of drug-likeness (QED) is 0.524. The Morgan fingerprint density at radius 1 is 1.00 bits per heavy atom. The maximum absolute atomic E-state index is 12.3. The summed E-state index contributed by atoms with van der Waals surface area (Å²) in [5.74, 6) is -0.388. The number of piperidine rings is 1. The third-order valence-electron chi connectivity index (χ3n) is 4.93. The first kappa shape index (κ1) is 22.5. The Morgan fingerprint density at radius 3 is 2.42 bits per heavy atom. The summed E-state index contributed by atoms with van der Waals surface area (Å²) < 4.78 is 0. The number of amides is 4. The predicted octanol–water partition coefficient (Wildman–Crippen LogP) is 0.354. The van der Waals surface area contributed by atoms with E-state index in [0.29, 0.717) is 26.2 Å². The molecular weight excluding hydrogens is 358 g/mol. The highest BCUT2D eigenvalue weighted by molar-refractivity contribution is 5.85. The molecule has 2 rings (SSSR count). The fraction of sp³-hybridized carbons (Fsp3) is 0.824. The SMILES string of the molecule is Cl.NCCNC(=O)C1CCCN(C(=O)CNC(=O)NC2CCCCC2)C1. The van der Waals surface area contributed by atoms with Crippen LogP contribution in [0.3, 0.4) is 0 Å². The monoisotopic (exact) mass is 389 g/mol. The minimum atomic E-state index is -0.283. The van der Waals surface area contributed by atoms with E-state index in [0.717, 1.165) is 38.5 Å². The van der Waals surface area contributed by atoms with E-state index in [2.05, 4.69) is 16.0 Å². The van der Waals surface area contributed by atoms with Crippen LogP contribution in [0.25, 0.3) is 0 Å². The number of carbonyl (C=O) groups is 3. The maximum atomic E-state index is 12.3. The molecule has 2 fully saturated rings. The van der Waals surface area contributed by atoms with Crippen molar-refractivity contribution in [3.05, 3.63) is 0 Å². The van der Waals surface area contributed by atoms with Gasteiger partial charge in [0, 0.05) is 32.2 Å². The van der Waals surface area contributed by atoms with Crippen molar-refractivity contribution < 1.29 is 14.4 Å². The van der Waals surface area contributed by atoms with E-state index in [1.54, 1.807) is 4.90 Å². The van der Waals surface area contributed by atoms with Crippen LogP contribution >= 0.6 is 12.4 Å². The van der Waals surface area contributed by atoms with E-state index in [1.165, 1.54) is 6.42 Å². The van der Waals surface area contributed by atoms with Gasteiger partial charge in [0.1, 0.15) is 0 Å². The van der Waals surface area contributed by atoms with E-state index < -0.39 is 0 Å². The molecule has 0 aromatic rings. The number of halogens is 1. The van der Waals surface area contributed by atoms with Crippen molar-refractivity contribution in [2.75, 3.05) is 32.7 Å². The largest absolute Gasteiger partial charge is 0.355 e. The van der Waals surface area contributed by atoms with Crippen LogP contribution in [-0.2, 0) is 9.59 Å². The lowest BCUT2D eigenvalue weighted by Crippen LogP contribution is -2.50. The summed E-state index contributed by atoms with van der Waals surface area (Å²) in [6.07, 6.45) is 7.10. The summed E-state index contributed by atoms with van der Waals surface area (Å²) in [7, 11) is 0. The van der Waals surface area contributed by atoms with Gasteiger partial charge in [0.05, 0.1) is 12.5 Å². The second-order valence-electron chi connectivity index (χ2n) is 6.92. The van der Waals surface area contributed by atoms with Gasteiger partial charge >= 0.3 is 6.03 Å². The van der Waals surface area contributed by atoms with Gasteiger partial charge in [-0.15, -0.1) is 12.4 Å². The molecule has 0 bridgehead atoms. The van der Waals surface area contributed by atoms with Crippen LogP contribution in [0, 0.1) is 5.92 Å². The Balaban J connectivity index is 0.00000338. The molecule has 8 nitrogen and oxygen atoms in total. The zero-order valence-corrected chi connectivity index (χ0v) is 16.1. The average Bonchev–Trinajstić information content (AvgIpc) is 2.65. The van der Waals surface area contributed by atoms with Gasteiger partial charge < -0.3 is 26.6 Å². The van der Waals surface area contributed by atoms with Crippen LogP contribution in [0.15, 0.2) is 0 Å². The highest BCUT2D eigenvalue weighted by atomic mass is 35.5. The summed E-state index contributed by atoms with van der Waals surface area (Å²) in [6, 6.07) is -0.0658. The molecular formula is C17H32ClN5O3. The van der Waals surface area contributed by atoms with Gasteiger partial charge in [0.25, 0.3) is 0 Å². The lowest BCUT2D eigenvalue weighted by atomic mass is 9.96. The first-order valence-electron chi connectivity index (χ1n) is 9.40. The molecule has 0 aromatic carbocycles. The minimum absolute atomic E-state index is 0. The van der Waals surface area contributed by atoms with Crippen LogP contribution < -0.4 is 21.7 Å². The third kappa shape index (κ3) is 7.37. The van der Waals surface area contributed by atoms with Crippen molar-refractivity contribution in [2.45, 2.75) is 51.0 Å². The topological polar surface area (TPSA) is 117 Å². The Hall–Kier alpha value is -1.54. The second kappa shape index (κ2) is 12.0. The van der Waals surface area contributed by atoms with Crippen molar-refractivity contribution >= 4 is 30.3 Å². The fourth-order valence-corrected chi connectivity index (χ4v) is 3.51. The number of nitrogens with zero attached hydrogens (tertiary/aromatic N) is 1. The first-order valence-corrected chi connectivity index (χ1v) is 9.40. The molecule has 26 heavy (non-hydrogen) atoms. The first-order chi connectivity index (χ1) is 12.1. The van der Waals surface area contributed by atoms with Crippen molar-refractivity contribution in [2.24, 2.45) is 11.7 Å². The number of nitrogens with one attached hydrogen (secondary N) is 3. The summed E-state index contributed by atoms with van der Waals surface area (Å²) in [6.45, 7) is 1.86. The molecule has 1 saturated heterocycles. The van der Waals surface area contributed by atoms with Crippen LogP contribution in [0.1, 0.15) is 44.9 Å². The summed E-state index contributed by atoms with van der Waals surface area (Å²) >= 11 is 0. The van der Waals surface area contributed by atoms with E-state index in [-0.39, 0.29) is 48.8 Å². The number of carbonyl (C=O) groups excluding carboxylic acids is 3. The van der Waals surface area contributed by atoms with Gasteiger partial charge in [0.2, 0.25) is 11.8 Å². The maximum Gasteiger partial charge on any atom is 0.315 e. The molecule has 0 spiro atoms. The molecule has 1 aliphatic carbocycles. The molecule has 4 amide bonds. The van der Waals surface area contributed by atoms with Crippen LogP contribution in [0.5, 0.6) is 0 Å². The average molecular weight is 390 g/mol. The predicted molar refractivity (Wildman–Crippen MR) is 102 cm³/mol. The molecule has 5 N–H and O–H groups in total. The van der Waals surface area contributed by atoms with Crippen molar-refractivity contribution in [1.29, 1.82) is 0 Å². The van der Waals surface area contributed by atoms with E-state index in [4.69, 9.17) is 5.73 Å². The Kier molecular flexibility index (Phi) is 10.3. The molecule has 1 heterocycles. The molecule has 0 aromatic heterocycles. The fourth-order valence-electron chi connectivity index (χ4n) is 3.51. The van der Waals surface area contributed by atoms with Gasteiger partial charge in [-0.3, -0.25) is 9.59 Å². The number of likely N-dealkylation sites (tertiary alicyclic amines) is 1. The summed E-state index contributed by atoms with van der Waals surface area (Å²) in [5.41, 5.74) is 5.39. The van der Waals surface area contributed by atoms with E-state index >= 15 is 0 Å². The molecule has 1 atom stereocenters. The Morgan fingerprint density at radius 2 is 1.73 bits per heavy atom. The van der Waals surface area contributed by atoms with Gasteiger partial charge in [-0.25, -0.2) is 4.79 Å². The van der Waals surface area contributed by atoms with Crippen molar-refractivity contribution in [1.82, 2.24) is 20.9 Å². The summed E-state index contributed by atoms with van der Waals surface area (Å²) in [5, 5.41) is 8.35. The summed E-state index contributed by atoms with van der Waals surface area (Å²) in [4.78, 5) is 37.9. The molecule has 2 aliphatic rings. The molecule has 9 heteroatoms. The number of rotatable bonds is 6. The highest BCUT2D eigenvalue weighted by Gasteiger charge is 2.28. The number of nitrogens with two attached hydrogens (primary N) is 1. The second-order valence-corrected chi connectivity index (χ2v) is 6.92. The van der Waals surface area contributed by atoms with Crippen LogP contribution in [0.2, 0.25) is 0 Å². The van der Waals surface area contributed by atoms with Crippen molar-refractivity contribution in [3.8, 4) is 0 Å². The molecule has 0 radical (unpaired) electrons. The molecule has 1 aliphatic heterocycles. The minimum Gasteiger partial charge on any atom is -0.355 e. The highest BCUT2D eigenvalue weighted by Crippen LogP contribution is 2.18. The molecule has 1 unspecified atom stereocenters. The normalized spacial score (nSPS) is 20.7. The van der Waals surface area contributed by atoms with E-state index in [1.807, 2.05) is 0 Å². The van der Waals surface area contributed by atoms with Crippen molar-refractivity contribution in [3.63, 3.8) is 0 Å². The number of urea groups is 1. The van der Waals surface area contributed by atoms with Crippen LogP contribution in [-0.4, -0.2) is 61.5 Å². The smallest absolute Gasteiger partial charge is 0.315 e. The lowest BCUT2D eigenvalue weighted by molar-refractivity contribution is -0.134. The Bertz CT molecular complexity index is 471. The Labute approximate surface area is 161 Å². The van der Waals surface area contributed by atoms with Gasteiger partial charge in [-0.2, -0.15) is 0 Å². The molecule has 150 valence electrons. The molecule has 1 saturated carbocycles. The van der Waals surface area contributed by atoms with Crippen LogP contribution in [0.4, 0.5) is 4.79 Å². The lowest BCUT2D eigenvalue weighted by Gasteiger charge is -2.32. The number of hydrogen-bond donors (Lipinski definition) is 4. The third-order valence-corrected chi connectivity index (χ3v) is 4.93. The van der Waals surface area contributed by atoms with Gasteiger partial charge in [-0.05, 0) is 25.7 Å². The van der Waals surface area contributed by atoms with Gasteiger partial charge in [0.15, 0.2) is 0 Å².